The van der Waals surface area contributed by atoms with Crippen LogP contribution >= 0.6 is 0 Å². The van der Waals surface area contributed by atoms with Gasteiger partial charge in [0.1, 0.15) is 11.2 Å². The van der Waals surface area contributed by atoms with Gasteiger partial charge in [-0.1, -0.05) is 43.9 Å². The molecule has 0 bridgehead atoms. The molecular weight excluding hydrogens is 248 g/mol. The molecule has 0 aromatic carbocycles. The van der Waals surface area contributed by atoms with Gasteiger partial charge in [-0.3, -0.25) is 0 Å². The maximum Gasteiger partial charge on any atom is 0.125 e. The third-order valence-electron chi connectivity index (χ3n) is 5.80. The molecule has 0 spiro atoms. The summed E-state index contributed by atoms with van der Waals surface area (Å²) in [6.07, 6.45) is 12.9. The Balaban J connectivity index is 1.67. The van der Waals surface area contributed by atoms with Crippen LogP contribution in [0.2, 0.25) is 0 Å². The van der Waals surface area contributed by atoms with Crippen LogP contribution < -0.4 is 0 Å². The van der Waals surface area contributed by atoms with Gasteiger partial charge in [-0.15, -0.1) is 0 Å². The van der Waals surface area contributed by atoms with Crippen molar-refractivity contribution in [1.82, 2.24) is 0 Å². The van der Waals surface area contributed by atoms with Crippen molar-refractivity contribution in [3.8, 4) is 11.8 Å². The number of hydrogen-bond donors (Lipinski definition) is 2. The zero-order valence-corrected chi connectivity index (χ0v) is 12.5. The molecule has 0 aromatic rings. The summed E-state index contributed by atoms with van der Waals surface area (Å²) in [6, 6.07) is 0. The largest absolute Gasteiger partial charge is 0.378 e. The fourth-order valence-corrected chi connectivity index (χ4v) is 4.50. The summed E-state index contributed by atoms with van der Waals surface area (Å²) in [6.45, 7) is 0. The van der Waals surface area contributed by atoms with Crippen molar-refractivity contribution in [3.05, 3.63) is 0 Å². The second kappa shape index (κ2) is 5.70. The third-order valence-corrected chi connectivity index (χ3v) is 5.80. The van der Waals surface area contributed by atoms with Crippen LogP contribution in [0.4, 0.5) is 0 Å². The SMILES string of the molecule is OC1(C#CC2(O)CCC3CCCCC3C2)CCCCC1. The van der Waals surface area contributed by atoms with Gasteiger partial charge >= 0.3 is 0 Å². The van der Waals surface area contributed by atoms with Crippen LogP contribution in [0, 0.1) is 23.7 Å². The van der Waals surface area contributed by atoms with Gasteiger partial charge in [0.2, 0.25) is 0 Å². The molecule has 3 aliphatic rings. The normalized spacial score (nSPS) is 40.3. The fraction of sp³-hybridized carbons (Fsp3) is 0.889. The van der Waals surface area contributed by atoms with E-state index in [0.717, 1.165) is 50.9 Å². The van der Waals surface area contributed by atoms with E-state index in [4.69, 9.17) is 0 Å². The lowest BCUT2D eigenvalue weighted by atomic mass is 9.66. The van der Waals surface area contributed by atoms with Crippen LogP contribution in [0.1, 0.15) is 77.0 Å². The molecule has 2 heteroatoms. The van der Waals surface area contributed by atoms with E-state index in [-0.39, 0.29) is 0 Å². The Kier molecular flexibility index (Phi) is 4.11. The molecule has 3 atom stereocenters. The van der Waals surface area contributed by atoms with Crippen molar-refractivity contribution in [3.63, 3.8) is 0 Å². The Morgan fingerprint density at radius 1 is 0.650 bits per heavy atom. The zero-order chi connectivity index (χ0) is 14.1. The zero-order valence-electron chi connectivity index (χ0n) is 12.5. The average Bonchev–Trinajstić information content (AvgIpc) is 2.46. The maximum absolute atomic E-state index is 10.8. The van der Waals surface area contributed by atoms with E-state index in [1.54, 1.807) is 0 Å². The minimum Gasteiger partial charge on any atom is -0.378 e. The van der Waals surface area contributed by atoms with Crippen LogP contribution in [0.25, 0.3) is 0 Å². The standard InChI is InChI=1S/C18H28O2/c19-17(9-4-1-5-10-17)12-13-18(20)11-8-15-6-2-3-7-16(15)14-18/h15-16,19-20H,1-11,14H2. The maximum atomic E-state index is 10.8. The van der Waals surface area contributed by atoms with Crippen LogP contribution in [0.15, 0.2) is 0 Å². The van der Waals surface area contributed by atoms with Gasteiger partial charge in [0.25, 0.3) is 0 Å². The Hall–Kier alpha value is -0.520. The Labute approximate surface area is 123 Å². The fourth-order valence-electron chi connectivity index (χ4n) is 4.50. The molecule has 112 valence electrons. The lowest BCUT2D eigenvalue weighted by molar-refractivity contribution is -0.00245. The van der Waals surface area contributed by atoms with Gasteiger partial charge in [0.05, 0.1) is 0 Å². The van der Waals surface area contributed by atoms with E-state index in [0.29, 0.717) is 5.92 Å². The summed E-state index contributed by atoms with van der Waals surface area (Å²) in [5.74, 6) is 7.64. The number of hydrogen-bond acceptors (Lipinski definition) is 2. The topological polar surface area (TPSA) is 40.5 Å². The van der Waals surface area contributed by atoms with Gasteiger partial charge in [-0.2, -0.15) is 0 Å². The molecular formula is C18H28O2. The van der Waals surface area contributed by atoms with Crippen molar-refractivity contribution in [2.24, 2.45) is 11.8 Å². The van der Waals surface area contributed by atoms with Crippen LogP contribution in [-0.2, 0) is 0 Å². The summed E-state index contributed by atoms with van der Waals surface area (Å²) in [7, 11) is 0. The van der Waals surface area contributed by atoms with Crippen molar-refractivity contribution in [2.75, 3.05) is 0 Å². The highest BCUT2D eigenvalue weighted by Gasteiger charge is 2.39. The predicted octanol–water partition coefficient (Wildman–Crippen LogP) is 3.41. The molecule has 3 aliphatic carbocycles. The molecule has 3 fully saturated rings. The van der Waals surface area contributed by atoms with E-state index in [1.165, 1.54) is 32.1 Å². The van der Waals surface area contributed by atoms with Crippen LogP contribution in [0.5, 0.6) is 0 Å². The van der Waals surface area contributed by atoms with Gasteiger partial charge in [0.15, 0.2) is 0 Å². The summed E-state index contributed by atoms with van der Waals surface area (Å²) in [5.41, 5.74) is -1.65. The summed E-state index contributed by atoms with van der Waals surface area (Å²) in [5, 5.41) is 21.2. The Morgan fingerprint density at radius 3 is 2.05 bits per heavy atom. The van der Waals surface area contributed by atoms with Crippen molar-refractivity contribution in [2.45, 2.75) is 88.3 Å². The predicted molar refractivity (Wildman–Crippen MR) is 80.1 cm³/mol. The van der Waals surface area contributed by atoms with Crippen molar-refractivity contribution in [1.29, 1.82) is 0 Å². The molecule has 0 saturated heterocycles. The van der Waals surface area contributed by atoms with E-state index in [2.05, 4.69) is 11.8 Å². The van der Waals surface area contributed by atoms with Crippen molar-refractivity contribution < 1.29 is 10.2 Å². The first-order chi connectivity index (χ1) is 9.59. The first kappa shape index (κ1) is 14.4. The van der Waals surface area contributed by atoms with Gasteiger partial charge in [0, 0.05) is 0 Å². The monoisotopic (exact) mass is 276 g/mol. The minimum absolute atomic E-state index is 0.665. The lowest BCUT2D eigenvalue weighted by Crippen LogP contribution is -2.40. The van der Waals surface area contributed by atoms with E-state index >= 15 is 0 Å². The molecule has 0 aliphatic heterocycles. The number of fused-ring (bicyclic) bond motifs is 1. The smallest absolute Gasteiger partial charge is 0.125 e. The minimum atomic E-state index is -0.828. The number of rotatable bonds is 0. The van der Waals surface area contributed by atoms with Crippen LogP contribution in [-0.4, -0.2) is 21.4 Å². The second-order valence-electron chi connectivity index (χ2n) is 7.42. The molecule has 2 N–H and O–H groups in total. The van der Waals surface area contributed by atoms with Crippen molar-refractivity contribution >= 4 is 0 Å². The molecule has 3 rings (SSSR count). The van der Waals surface area contributed by atoms with Gasteiger partial charge in [-0.05, 0) is 56.8 Å². The lowest BCUT2D eigenvalue weighted by Gasteiger charge is -2.42. The van der Waals surface area contributed by atoms with Gasteiger partial charge < -0.3 is 10.2 Å². The number of aliphatic hydroxyl groups is 2. The van der Waals surface area contributed by atoms with E-state index in [1.807, 2.05) is 0 Å². The summed E-state index contributed by atoms with van der Waals surface area (Å²) >= 11 is 0. The highest BCUT2D eigenvalue weighted by molar-refractivity contribution is 5.23. The van der Waals surface area contributed by atoms with E-state index < -0.39 is 11.2 Å². The van der Waals surface area contributed by atoms with E-state index in [9.17, 15) is 10.2 Å². The highest BCUT2D eigenvalue weighted by atomic mass is 16.3. The first-order valence-electron chi connectivity index (χ1n) is 8.58. The third kappa shape index (κ3) is 3.21. The molecule has 2 nitrogen and oxygen atoms in total. The summed E-state index contributed by atoms with van der Waals surface area (Å²) < 4.78 is 0. The van der Waals surface area contributed by atoms with Crippen LogP contribution in [0.3, 0.4) is 0 Å². The first-order valence-corrected chi connectivity index (χ1v) is 8.58. The average molecular weight is 276 g/mol. The highest BCUT2D eigenvalue weighted by Crippen LogP contribution is 2.44. The summed E-state index contributed by atoms with van der Waals surface area (Å²) in [4.78, 5) is 0. The van der Waals surface area contributed by atoms with Gasteiger partial charge in [-0.25, -0.2) is 0 Å². The molecule has 3 saturated carbocycles. The second-order valence-corrected chi connectivity index (χ2v) is 7.42. The molecule has 0 heterocycles. The molecule has 0 aromatic heterocycles. The molecule has 3 unspecified atom stereocenters. The Bertz CT molecular complexity index is 399. The molecule has 20 heavy (non-hydrogen) atoms. The quantitative estimate of drug-likeness (QED) is 0.666. The Morgan fingerprint density at radius 2 is 1.30 bits per heavy atom. The molecule has 0 radical (unpaired) electrons. The molecule has 0 amide bonds.